The van der Waals surface area contributed by atoms with Gasteiger partial charge in [-0.25, -0.2) is 8.78 Å². The molecule has 0 saturated carbocycles. The zero-order valence-electron chi connectivity index (χ0n) is 12.2. The Morgan fingerprint density at radius 2 is 1.76 bits per heavy atom. The maximum absolute atomic E-state index is 13.5. The smallest absolute Gasteiger partial charge is 0.165 e. The van der Waals surface area contributed by atoms with Gasteiger partial charge in [-0.2, -0.15) is 0 Å². The lowest BCUT2D eigenvalue weighted by molar-refractivity contribution is 0.436. The molecule has 0 heterocycles. The van der Waals surface area contributed by atoms with Crippen molar-refractivity contribution in [1.29, 1.82) is 0 Å². The molecule has 2 aromatic carbocycles. The van der Waals surface area contributed by atoms with Crippen LogP contribution < -0.4 is 10.1 Å². The van der Waals surface area contributed by atoms with Crippen LogP contribution in [0.25, 0.3) is 0 Å². The summed E-state index contributed by atoms with van der Waals surface area (Å²) >= 11 is 0. The number of ether oxygens (including phenoxy) is 1. The first-order chi connectivity index (χ1) is 10.1. The summed E-state index contributed by atoms with van der Waals surface area (Å²) in [6.07, 6.45) is 0.979. The molecule has 0 aliphatic carbocycles. The molecule has 0 radical (unpaired) electrons. The van der Waals surface area contributed by atoms with E-state index >= 15 is 0 Å². The lowest BCUT2D eigenvalue weighted by Gasteiger charge is -2.16. The van der Waals surface area contributed by atoms with Gasteiger partial charge in [0.25, 0.3) is 0 Å². The van der Waals surface area contributed by atoms with Gasteiger partial charge in [0.05, 0.1) is 0 Å². The highest BCUT2D eigenvalue weighted by Crippen LogP contribution is 2.27. The Labute approximate surface area is 123 Å². The third-order valence-electron chi connectivity index (χ3n) is 3.26. The number of halogens is 2. The van der Waals surface area contributed by atoms with Gasteiger partial charge in [-0.15, -0.1) is 0 Å². The molecule has 0 aromatic heterocycles. The van der Waals surface area contributed by atoms with E-state index in [0.717, 1.165) is 36.7 Å². The normalized spacial score (nSPS) is 12.2. The van der Waals surface area contributed by atoms with Crippen molar-refractivity contribution in [2.24, 2.45) is 0 Å². The van der Waals surface area contributed by atoms with Crippen LogP contribution in [-0.2, 0) is 0 Å². The number of hydrogen-bond donors (Lipinski definition) is 1. The Morgan fingerprint density at radius 1 is 1.05 bits per heavy atom. The van der Waals surface area contributed by atoms with E-state index in [1.54, 1.807) is 12.1 Å². The molecule has 21 heavy (non-hydrogen) atoms. The Kier molecular flexibility index (Phi) is 5.28. The second-order valence-corrected chi connectivity index (χ2v) is 4.76. The second kappa shape index (κ2) is 7.18. The summed E-state index contributed by atoms with van der Waals surface area (Å²) in [6.45, 7) is 5.07. The van der Waals surface area contributed by atoms with Crippen molar-refractivity contribution >= 4 is 0 Å². The predicted octanol–water partition coefficient (Wildman–Crippen LogP) is 4.82. The standard InChI is InChI=1S/C17H19F2NO/c1-3-16(20-4-2)12-5-8-14(9-6-12)21-17-11-13(18)7-10-15(17)19/h5-11,16,20H,3-4H2,1-2H3. The number of rotatable bonds is 6. The van der Waals surface area contributed by atoms with Crippen LogP contribution in [0.1, 0.15) is 31.9 Å². The second-order valence-electron chi connectivity index (χ2n) is 4.76. The Hall–Kier alpha value is -1.94. The van der Waals surface area contributed by atoms with E-state index in [0.29, 0.717) is 5.75 Å². The molecule has 0 spiro atoms. The lowest BCUT2D eigenvalue weighted by atomic mass is 10.0. The van der Waals surface area contributed by atoms with E-state index < -0.39 is 11.6 Å². The van der Waals surface area contributed by atoms with Gasteiger partial charge in [-0.05, 0) is 42.8 Å². The third kappa shape index (κ3) is 4.02. The van der Waals surface area contributed by atoms with Crippen molar-refractivity contribution in [2.45, 2.75) is 26.3 Å². The van der Waals surface area contributed by atoms with Crippen molar-refractivity contribution in [1.82, 2.24) is 5.32 Å². The quantitative estimate of drug-likeness (QED) is 0.824. The maximum Gasteiger partial charge on any atom is 0.165 e. The van der Waals surface area contributed by atoms with Gasteiger partial charge >= 0.3 is 0 Å². The zero-order chi connectivity index (χ0) is 15.2. The largest absolute Gasteiger partial charge is 0.454 e. The summed E-state index contributed by atoms with van der Waals surface area (Å²) in [5.41, 5.74) is 1.14. The molecule has 112 valence electrons. The number of hydrogen-bond acceptors (Lipinski definition) is 2. The Balaban J connectivity index is 2.13. The highest BCUT2D eigenvalue weighted by molar-refractivity contribution is 5.35. The van der Waals surface area contributed by atoms with Crippen molar-refractivity contribution in [2.75, 3.05) is 6.54 Å². The van der Waals surface area contributed by atoms with Crippen LogP contribution in [0.15, 0.2) is 42.5 Å². The molecular formula is C17H19F2NO. The molecule has 1 atom stereocenters. The third-order valence-corrected chi connectivity index (χ3v) is 3.26. The molecule has 1 unspecified atom stereocenters. The lowest BCUT2D eigenvalue weighted by Crippen LogP contribution is -2.19. The minimum absolute atomic E-state index is 0.110. The van der Waals surface area contributed by atoms with E-state index in [2.05, 4.69) is 19.2 Å². The summed E-state index contributed by atoms with van der Waals surface area (Å²) in [7, 11) is 0. The minimum Gasteiger partial charge on any atom is -0.454 e. The molecule has 0 saturated heterocycles. The first-order valence-corrected chi connectivity index (χ1v) is 7.10. The van der Waals surface area contributed by atoms with Crippen LogP contribution in [0.4, 0.5) is 8.78 Å². The van der Waals surface area contributed by atoms with Gasteiger partial charge in [0.15, 0.2) is 11.6 Å². The van der Waals surface area contributed by atoms with Gasteiger partial charge in [0.2, 0.25) is 0 Å². The zero-order valence-corrected chi connectivity index (χ0v) is 12.2. The Morgan fingerprint density at radius 3 is 2.38 bits per heavy atom. The Bertz CT molecular complexity index is 584. The van der Waals surface area contributed by atoms with Gasteiger partial charge in [0, 0.05) is 12.1 Å². The molecule has 0 aliphatic rings. The molecule has 0 bridgehead atoms. The summed E-state index contributed by atoms with van der Waals surface area (Å²) < 4.78 is 32.0. The number of nitrogens with one attached hydrogen (secondary N) is 1. The van der Waals surface area contributed by atoms with E-state index in [1.165, 1.54) is 0 Å². The molecular weight excluding hydrogens is 272 g/mol. The average Bonchev–Trinajstić information content (AvgIpc) is 2.49. The molecule has 0 aliphatic heterocycles. The molecule has 2 aromatic rings. The van der Waals surface area contributed by atoms with E-state index in [9.17, 15) is 8.78 Å². The molecule has 2 nitrogen and oxygen atoms in total. The minimum atomic E-state index is -0.584. The first-order valence-electron chi connectivity index (χ1n) is 7.10. The fourth-order valence-corrected chi connectivity index (χ4v) is 2.19. The van der Waals surface area contributed by atoms with Gasteiger partial charge in [-0.3, -0.25) is 0 Å². The highest BCUT2D eigenvalue weighted by atomic mass is 19.1. The van der Waals surface area contributed by atoms with Gasteiger partial charge in [-0.1, -0.05) is 26.0 Å². The van der Waals surface area contributed by atoms with E-state index in [-0.39, 0.29) is 11.8 Å². The van der Waals surface area contributed by atoms with Gasteiger partial charge in [0.1, 0.15) is 11.6 Å². The maximum atomic E-state index is 13.5. The topological polar surface area (TPSA) is 21.3 Å². The highest BCUT2D eigenvalue weighted by Gasteiger charge is 2.09. The van der Waals surface area contributed by atoms with Crippen molar-refractivity contribution in [3.63, 3.8) is 0 Å². The summed E-state index contributed by atoms with van der Waals surface area (Å²) in [5, 5.41) is 3.38. The SMILES string of the molecule is CCNC(CC)c1ccc(Oc2cc(F)ccc2F)cc1. The van der Waals surface area contributed by atoms with Crippen molar-refractivity contribution in [3.05, 3.63) is 59.7 Å². The van der Waals surface area contributed by atoms with Gasteiger partial charge < -0.3 is 10.1 Å². The summed E-state index contributed by atoms with van der Waals surface area (Å²) in [6, 6.07) is 10.8. The fourth-order valence-electron chi connectivity index (χ4n) is 2.19. The molecule has 2 rings (SSSR count). The molecule has 1 N–H and O–H groups in total. The molecule has 0 amide bonds. The fraction of sp³-hybridized carbons (Fsp3) is 0.294. The molecule has 4 heteroatoms. The van der Waals surface area contributed by atoms with E-state index in [4.69, 9.17) is 4.74 Å². The monoisotopic (exact) mass is 291 g/mol. The van der Waals surface area contributed by atoms with Crippen LogP contribution in [0.3, 0.4) is 0 Å². The predicted molar refractivity (Wildman–Crippen MR) is 79.6 cm³/mol. The van der Waals surface area contributed by atoms with Crippen LogP contribution in [0.5, 0.6) is 11.5 Å². The number of benzene rings is 2. The van der Waals surface area contributed by atoms with Crippen LogP contribution >= 0.6 is 0 Å². The molecule has 0 fully saturated rings. The first kappa shape index (κ1) is 15.4. The van der Waals surface area contributed by atoms with Crippen LogP contribution in [0, 0.1) is 11.6 Å². The van der Waals surface area contributed by atoms with Crippen LogP contribution in [-0.4, -0.2) is 6.54 Å². The van der Waals surface area contributed by atoms with Crippen LogP contribution in [0.2, 0.25) is 0 Å². The summed E-state index contributed by atoms with van der Waals surface area (Å²) in [4.78, 5) is 0. The average molecular weight is 291 g/mol. The van der Waals surface area contributed by atoms with E-state index in [1.807, 2.05) is 12.1 Å². The summed E-state index contributed by atoms with van der Waals surface area (Å²) in [5.74, 6) is -0.739. The van der Waals surface area contributed by atoms with Crippen molar-refractivity contribution < 1.29 is 13.5 Å². The van der Waals surface area contributed by atoms with Crippen molar-refractivity contribution in [3.8, 4) is 11.5 Å².